The summed E-state index contributed by atoms with van der Waals surface area (Å²) >= 11 is 0. The molecule has 560 valence electrons. The third-order valence-corrected chi connectivity index (χ3v) is 31.7. The normalized spacial score (nSPS) is 14.9. The number of quaternary nitrogens is 3. The van der Waals surface area contributed by atoms with E-state index < -0.39 is 37.6 Å². The SMILES string of the molecule is CCCCCCCCCCCCCCCCCC[N+](C)(C)CCC[Si](OC)(OC(C)(C)C)O[Si](CCC[N+](C)(C)CCCCCCCCCCCCCCCCCC)(OC)O[Si](CCC[N+](C)(C)CCCCCCCCCCCCCCCCCC)(OC)OC(C)(C)C. The zero-order valence-electron chi connectivity index (χ0n) is 67.1. The Hall–Kier alpha value is 0.251. The van der Waals surface area contributed by atoms with Crippen LogP contribution in [0.2, 0.25) is 18.1 Å². The first kappa shape index (κ1) is 93.3. The lowest BCUT2D eigenvalue weighted by molar-refractivity contribution is -0.890. The van der Waals surface area contributed by atoms with Crippen molar-refractivity contribution in [2.45, 2.75) is 419 Å². The van der Waals surface area contributed by atoms with E-state index in [2.05, 4.69) is 105 Å². The monoisotopic (exact) mass is 1370 g/mol. The van der Waals surface area contributed by atoms with Crippen LogP contribution in [0.15, 0.2) is 0 Å². The van der Waals surface area contributed by atoms with Gasteiger partial charge in [0.1, 0.15) is 0 Å². The van der Waals surface area contributed by atoms with Gasteiger partial charge in [-0.25, -0.2) is 0 Å². The topological polar surface area (TPSA) is 64.6 Å². The molecule has 0 fully saturated rings. The summed E-state index contributed by atoms with van der Waals surface area (Å²) in [4.78, 5) is 0. The maximum Gasteiger partial charge on any atom is 0.493 e. The fraction of sp³-hybridized carbons (Fsp3) is 1.00. The Bertz CT molecular complexity index is 1530. The van der Waals surface area contributed by atoms with Gasteiger partial charge in [0.2, 0.25) is 0 Å². The molecule has 2 atom stereocenters. The summed E-state index contributed by atoms with van der Waals surface area (Å²) in [6.07, 6.45) is 69.8. The van der Waals surface area contributed by atoms with Gasteiger partial charge in [0, 0.05) is 58.7 Å². The first-order chi connectivity index (χ1) is 44.3. The van der Waals surface area contributed by atoms with E-state index in [0.29, 0.717) is 18.1 Å². The third kappa shape index (κ3) is 57.6. The van der Waals surface area contributed by atoms with E-state index in [4.69, 9.17) is 30.4 Å². The molecule has 10 nitrogen and oxygen atoms in total. The zero-order valence-corrected chi connectivity index (χ0v) is 70.1. The van der Waals surface area contributed by atoms with Crippen LogP contribution < -0.4 is 0 Å². The van der Waals surface area contributed by atoms with E-state index >= 15 is 0 Å². The molecule has 0 spiro atoms. The van der Waals surface area contributed by atoms with Gasteiger partial charge in [0.25, 0.3) is 0 Å². The summed E-state index contributed by atoms with van der Waals surface area (Å²) in [6.45, 7) is 26.3. The van der Waals surface area contributed by atoms with Crippen molar-refractivity contribution in [1.29, 1.82) is 0 Å². The van der Waals surface area contributed by atoms with Gasteiger partial charge >= 0.3 is 26.4 Å². The average Bonchev–Trinajstić information content (AvgIpc) is 0.793. The molecule has 0 saturated heterocycles. The lowest BCUT2D eigenvalue weighted by atomic mass is 10.0. The molecule has 2 unspecified atom stereocenters. The molecule has 13 heteroatoms. The molecule has 0 N–H and O–H groups in total. The molecule has 0 aliphatic rings. The Morgan fingerprint density at radius 3 is 0.527 bits per heavy atom. The fourth-order valence-electron chi connectivity index (χ4n) is 14.1. The van der Waals surface area contributed by atoms with Crippen molar-refractivity contribution in [3.05, 3.63) is 0 Å². The molecule has 0 aromatic carbocycles. The second-order valence-corrected chi connectivity index (χ2v) is 42.5. The van der Waals surface area contributed by atoms with E-state index in [1.807, 2.05) is 21.3 Å². The number of unbranched alkanes of at least 4 members (excludes halogenated alkanes) is 45. The Morgan fingerprint density at radius 1 is 0.215 bits per heavy atom. The van der Waals surface area contributed by atoms with Crippen molar-refractivity contribution in [2.24, 2.45) is 0 Å². The van der Waals surface area contributed by atoms with Gasteiger partial charge in [-0.2, -0.15) is 0 Å². The first-order valence-corrected chi connectivity index (χ1v) is 47.0. The maximum absolute atomic E-state index is 7.72. The Morgan fingerprint density at radius 2 is 0.366 bits per heavy atom. The largest absolute Gasteiger partial charge is 0.493 e. The zero-order chi connectivity index (χ0) is 69.4. The Kier molecular flexibility index (Phi) is 58.0. The van der Waals surface area contributed by atoms with E-state index in [0.717, 1.165) is 58.9 Å². The summed E-state index contributed by atoms with van der Waals surface area (Å²) in [5, 5.41) is 0. The molecular formula is C80H174N3O7Si3+3. The van der Waals surface area contributed by atoms with Crippen LogP contribution in [-0.2, 0) is 30.4 Å². The van der Waals surface area contributed by atoms with Crippen molar-refractivity contribution in [1.82, 2.24) is 0 Å². The van der Waals surface area contributed by atoms with E-state index in [1.54, 1.807) is 0 Å². The van der Waals surface area contributed by atoms with E-state index in [-0.39, 0.29) is 0 Å². The van der Waals surface area contributed by atoms with Gasteiger partial charge in [-0.1, -0.05) is 290 Å². The lowest BCUT2D eigenvalue weighted by Crippen LogP contribution is -2.65. The minimum absolute atomic E-state index is 0.506. The predicted molar refractivity (Wildman–Crippen MR) is 415 cm³/mol. The molecule has 0 aliphatic heterocycles. The van der Waals surface area contributed by atoms with Crippen LogP contribution in [0.3, 0.4) is 0 Å². The van der Waals surface area contributed by atoms with Crippen LogP contribution in [0.25, 0.3) is 0 Å². The Labute approximate surface area is 589 Å². The van der Waals surface area contributed by atoms with Crippen LogP contribution in [0.4, 0.5) is 0 Å². The molecule has 93 heavy (non-hydrogen) atoms. The van der Waals surface area contributed by atoms with Crippen molar-refractivity contribution < 1.29 is 43.8 Å². The summed E-state index contributed by atoms with van der Waals surface area (Å²) in [5.74, 6) is 0. The quantitative estimate of drug-likeness (QED) is 0.0341. The summed E-state index contributed by atoms with van der Waals surface area (Å²) < 4.78 is 53.1. The second-order valence-electron chi connectivity index (χ2n) is 33.7. The molecule has 0 saturated carbocycles. The minimum atomic E-state index is -3.66. The summed E-state index contributed by atoms with van der Waals surface area (Å²) in [6, 6.07) is 2.02. The lowest BCUT2D eigenvalue weighted by Gasteiger charge is -2.45. The highest BCUT2D eigenvalue weighted by molar-refractivity contribution is 6.81. The van der Waals surface area contributed by atoms with Crippen molar-refractivity contribution in [2.75, 3.05) is 103 Å². The number of rotatable bonds is 72. The van der Waals surface area contributed by atoms with Gasteiger partial charge in [0.05, 0.1) is 92.8 Å². The molecule has 0 aromatic rings. The van der Waals surface area contributed by atoms with Crippen LogP contribution in [0, 0.1) is 0 Å². The predicted octanol–water partition coefficient (Wildman–Crippen LogP) is 24.6. The van der Waals surface area contributed by atoms with Gasteiger partial charge in [-0.3, -0.25) is 0 Å². The molecule has 0 aliphatic carbocycles. The smallest absolute Gasteiger partial charge is 0.378 e. The molecule has 0 radical (unpaired) electrons. The highest BCUT2D eigenvalue weighted by atomic mass is 28.5. The second kappa shape index (κ2) is 57.8. The van der Waals surface area contributed by atoms with Crippen molar-refractivity contribution >= 4 is 26.4 Å². The minimum Gasteiger partial charge on any atom is -0.378 e. The molecule has 0 bridgehead atoms. The number of hydrogen-bond acceptors (Lipinski definition) is 7. The fourth-order valence-corrected chi connectivity index (χ4v) is 26.4. The highest BCUT2D eigenvalue weighted by Gasteiger charge is 2.60. The van der Waals surface area contributed by atoms with E-state index in [9.17, 15) is 0 Å². The highest BCUT2D eigenvalue weighted by Crippen LogP contribution is 2.36. The molecule has 0 heterocycles. The Balaban J connectivity index is 6.06. The number of nitrogens with zero attached hydrogens (tertiary/aromatic N) is 3. The molecule has 0 rings (SSSR count). The van der Waals surface area contributed by atoms with Gasteiger partial charge in [-0.15, -0.1) is 0 Å². The van der Waals surface area contributed by atoms with Gasteiger partial charge < -0.3 is 43.8 Å². The van der Waals surface area contributed by atoms with Crippen LogP contribution in [0.1, 0.15) is 390 Å². The molecule has 0 aromatic heterocycles. The molecular weight excluding hydrogens is 1200 g/mol. The van der Waals surface area contributed by atoms with Gasteiger partial charge in [0.15, 0.2) is 0 Å². The van der Waals surface area contributed by atoms with Crippen LogP contribution in [0.5, 0.6) is 0 Å². The third-order valence-electron chi connectivity index (χ3n) is 20.1. The standard InChI is InChI=1S/C80H174N3O7Si3/c1-19-22-25-28-31-34-37-40-43-46-49-52-55-58-61-64-70-81(10,11)73-67-76-91(84-16,87-79(4,5)6)89-93(86-18,78-69-75-83(14,15)72-66-63-60-57-54-51-48-45-42-39-36-33-30-27-24-21-3)90-92(85-17,88-80(7,8)9)77-68-74-82(12,13)71-65-62-59-56-53-50-47-44-41-38-35-32-29-26-23-20-2/h19-78H2,1-18H3/q+3. The molecule has 0 amide bonds. The van der Waals surface area contributed by atoms with Crippen molar-refractivity contribution in [3.8, 4) is 0 Å². The maximum atomic E-state index is 7.72. The van der Waals surface area contributed by atoms with Gasteiger partial charge in [-0.05, 0) is 80.1 Å². The average molecular weight is 1370 g/mol. The van der Waals surface area contributed by atoms with Crippen LogP contribution in [-0.4, -0.2) is 154 Å². The van der Waals surface area contributed by atoms with Crippen molar-refractivity contribution in [3.63, 3.8) is 0 Å². The number of hydrogen-bond donors (Lipinski definition) is 0. The summed E-state index contributed by atoms with van der Waals surface area (Å²) in [5.41, 5.74) is -1.01. The van der Waals surface area contributed by atoms with E-state index in [1.165, 1.54) is 321 Å². The summed E-state index contributed by atoms with van der Waals surface area (Å²) in [7, 11) is 9.33. The first-order valence-electron chi connectivity index (χ1n) is 41.2. The van der Waals surface area contributed by atoms with Crippen LogP contribution >= 0.6 is 0 Å².